The Kier molecular flexibility index (Phi) is 3.94. The highest BCUT2D eigenvalue weighted by Gasteiger charge is 2.36. The first kappa shape index (κ1) is 16.3. The van der Waals surface area contributed by atoms with Gasteiger partial charge in [0.05, 0.1) is 11.1 Å². The molecule has 128 valence electrons. The molecular weight excluding hydrogens is 325 g/mol. The van der Waals surface area contributed by atoms with Crippen LogP contribution in [0.2, 0.25) is 0 Å². The molecule has 0 unspecified atom stereocenters. The molecule has 0 N–H and O–H groups in total. The van der Waals surface area contributed by atoms with Gasteiger partial charge in [-0.2, -0.15) is 18.3 Å². The summed E-state index contributed by atoms with van der Waals surface area (Å²) in [5.41, 5.74) is -1.62. The molecule has 0 saturated carbocycles. The number of fused-ring (bicyclic) bond motifs is 1. The fraction of sp³-hybridized carbons (Fsp3) is 0.400. The minimum Gasteiger partial charge on any atom is -0.336 e. The van der Waals surface area contributed by atoms with Crippen LogP contribution in [0.25, 0.3) is 0 Å². The molecule has 0 bridgehead atoms. The molecule has 2 heterocycles. The molecule has 0 fully saturated rings. The molecule has 3 rings (SSSR count). The summed E-state index contributed by atoms with van der Waals surface area (Å²) in [5, 5.41) is 4.08. The van der Waals surface area contributed by atoms with Gasteiger partial charge < -0.3 is 4.90 Å². The van der Waals surface area contributed by atoms with E-state index in [9.17, 15) is 22.8 Å². The van der Waals surface area contributed by atoms with Gasteiger partial charge in [0.15, 0.2) is 0 Å². The number of halogens is 3. The van der Waals surface area contributed by atoms with Crippen LogP contribution in [-0.4, -0.2) is 38.2 Å². The Bertz CT molecular complexity index is 838. The Hall–Kier alpha value is -2.58. The van der Waals surface area contributed by atoms with E-state index in [1.807, 2.05) is 0 Å². The number of nitrogens with zero attached hydrogens (tertiary/aromatic N) is 4. The number of amides is 1. The fourth-order valence-electron chi connectivity index (χ4n) is 2.82. The van der Waals surface area contributed by atoms with Gasteiger partial charge in [0.2, 0.25) is 0 Å². The van der Waals surface area contributed by atoms with Gasteiger partial charge in [0.25, 0.3) is 5.91 Å². The molecule has 0 atom stereocenters. The zero-order valence-electron chi connectivity index (χ0n) is 12.9. The number of hydrogen-bond donors (Lipinski definition) is 0. The second-order valence-electron chi connectivity index (χ2n) is 5.56. The molecule has 0 radical (unpaired) electrons. The van der Waals surface area contributed by atoms with Gasteiger partial charge in [0.1, 0.15) is 5.82 Å². The van der Waals surface area contributed by atoms with Crippen molar-refractivity contribution in [2.45, 2.75) is 19.1 Å². The van der Waals surface area contributed by atoms with E-state index < -0.39 is 17.6 Å². The normalized spacial score (nSPS) is 15.1. The monoisotopic (exact) mass is 340 g/mol. The minimum atomic E-state index is -4.60. The smallest absolute Gasteiger partial charge is 0.336 e. The van der Waals surface area contributed by atoms with Crippen molar-refractivity contribution < 1.29 is 18.0 Å². The molecule has 2 aromatic rings. The van der Waals surface area contributed by atoms with Crippen molar-refractivity contribution in [2.75, 3.05) is 13.1 Å². The van der Waals surface area contributed by atoms with E-state index in [0.717, 1.165) is 6.07 Å². The van der Waals surface area contributed by atoms with Crippen molar-refractivity contribution in [3.63, 3.8) is 0 Å². The average Bonchev–Trinajstić information content (AvgIpc) is 2.71. The molecule has 6 nitrogen and oxygen atoms in total. The fourth-order valence-corrected chi connectivity index (χ4v) is 2.82. The molecule has 1 aromatic heterocycles. The Morgan fingerprint density at radius 2 is 1.88 bits per heavy atom. The number of rotatable bonds is 1. The first-order chi connectivity index (χ1) is 11.3. The molecule has 0 aliphatic carbocycles. The van der Waals surface area contributed by atoms with Crippen molar-refractivity contribution >= 4 is 5.91 Å². The molecule has 1 aliphatic heterocycles. The molecule has 0 saturated heterocycles. The second-order valence-corrected chi connectivity index (χ2v) is 5.56. The van der Waals surface area contributed by atoms with Gasteiger partial charge in [-0.1, -0.05) is 12.1 Å². The Balaban J connectivity index is 1.87. The van der Waals surface area contributed by atoms with Crippen LogP contribution in [0.5, 0.6) is 0 Å². The van der Waals surface area contributed by atoms with Crippen molar-refractivity contribution in [1.29, 1.82) is 0 Å². The maximum Gasteiger partial charge on any atom is 0.417 e. The van der Waals surface area contributed by atoms with Gasteiger partial charge in [-0.05, 0) is 12.1 Å². The third-order valence-corrected chi connectivity index (χ3v) is 4.03. The number of aryl methyl sites for hydroxylation is 1. The topological polar surface area (TPSA) is 60.1 Å². The predicted octanol–water partition coefficient (Wildman–Crippen LogP) is 1.30. The molecule has 24 heavy (non-hydrogen) atoms. The number of carbonyl (C=O) groups is 1. The number of carbonyl (C=O) groups excluding carboxylic acids is 1. The van der Waals surface area contributed by atoms with Crippen LogP contribution in [0.15, 0.2) is 29.1 Å². The van der Waals surface area contributed by atoms with Crippen molar-refractivity contribution in [3.8, 4) is 0 Å². The van der Waals surface area contributed by atoms with Crippen molar-refractivity contribution in [1.82, 2.24) is 19.2 Å². The standard InChI is InChI=1S/C15H15F3N4O2/c1-20-14(24)22-9-8-21(7-6-12(22)19-20)13(23)10-4-2-3-5-11(10)15(16,17)18/h2-5H,6-9H2,1H3. The Labute approximate surface area is 135 Å². The van der Waals surface area contributed by atoms with Crippen LogP contribution in [-0.2, 0) is 26.2 Å². The highest BCUT2D eigenvalue weighted by molar-refractivity contribution is 5.96. The Morgan fingerprint density at radius 3 is 2.58 bits per heavy atom. The third-order valence-electron chi connectivity index (χ3n) is 4.03. The minimum absolute atomic E-state index is 0.156. The average molecular weight is 340 g/mol. The van der Waals surface area contributed by atoms with E-state index in [-0.39, 0.29) is 30.9 Å². The van der Waals surface area contributed by atoms with E-state index in [4.69, 9.17) is 0 Å². The number of benzene rings is 1. The van der Waals surface area contributed by atoms with E-state index in [0.29, 0.717) is 12.2 Å². The first-order valence-corrected chi connectivity index (χ1v) is 7.37. The SMILES string of the molecule is Cn1nc2n(c1=O)CCN(C(=O)c1ccccc1C(F)(F)F)CC2. The highest BCUT2D eigenvalue weighted by atomic mass is 19.4. The summed E-state index contributed by atoms with van der Waals surface area (Å²) in [7, 11) is 1.53. The largest absolute Gasteiger partial charge is 0.417 e. The van der Waals surface area contributed by atoms with Crippen molar-refractivity contribution in [3.05, 3.63) is 51.7 Å². The Morgan fingerprint density at radius 1 is 1.17 bits per heavy atom. The summed E-state index contributed by atoms with van der Waals surface area (Å²) in [4.78, 5) is 25.8. The summed E-state index contributed by atoms with van der Waals surface area (Å²) in [5.74, 6) is -0.160. The lowest BCUT2D eigenvalue weighted by Crippen LogP contribution is -2.36. The third kappa shape index (κ3) is 2.81. The maximum absolute atomic E-state index is 13.1. The van der Waals surface area contributed by atoms with Crippen LogP contribution in [0.4, 0.5) is 13.2 Å². The zero-order chi connectivity index (χ0) is 17.5. The number of alkyl halides is 3. The quantitative estimate of drug-likeness (QED) is 0.786. The lowest BCUT2D eigenvalue weighted by molar-refractivity contribution is -0.138. The molecular formula is C15H15F3N4O2. The summed E-state index contributed by atoms with van der Waals surface area (Å²) < 4.78 is 41.9. The number of hydrogen-bond acceptors (Lipinski definition) is 3. The lowest BCUT2D eigenvalue weighted by Gasteiger charge is -2.22. The summed E-state index contributed by atoms with van der Waals surface area (Å²) in [6.45, 7) is 0.576. The van der Waals surface area contributed by atoms with Crippen LogP contribution in [0.3, 0.4) is 0 Å². The van der Waals surface area contributed by atoms with Crippen LogP contribution >= 0.6 is 0 Å². The zero-order valence-corrected chi connectivity index (χ0v) is 12.9. The van der Waals surface area contributed by atoms with Gasteiger partial charge in [-0.15, -0.1) is 0 Å². The second kappa shape index (κ2) is 5.81. The molecule has 1 amide bonds. The van der Waals surface area contributed by atoms with Crippen LogP contribution in [0.1, 0.15) is 21.7 Å². The summed E-state index contributed by atoms with van der Waals surface area (Å²) >= 11 is 0. The van der Waals surface area contributed by atoms with E-state index >= 15 is 0 Å². The lowest BCUT2D eigenvalue weighted by atomic mass is 10.1. The van der Waals surface area contributed by atoms with Gasteiger partial charge in [-0.25, -0.2) is 9.48 Å². The summed E-state index contributed by atoms with van der Waals surface area (Å²) in [6, 6.07) is 4.72. The van der Waals surface area contributed by atoms with Crippen LogP contribution < -0.4 is 5.69 Å². The van der Waals surface area contributed by atoms with E-state index in [1.165, 1.54) is 39.4 Å². The van der Waals surface area contributed by atoms with E-state index in [2.05, 4.69) is 5.10 Å². The predicted molar refractivity (Wildman–Crippen MR) is 78.5 cm³/mol. The van der Waals surface area contributed by atoms with Crippen LogP contribution in [0, 0.1) is 0 Å². The van der Waals surface area contributed by atoms with Gasteiger partial charge >= 0.3 is 11.9 Å². The summed E-state index contributed by atoms with van der Waals surface area (Å²) in [6.07, 6.45) is -4.28. The van der Waals surface area contributed by atoms with Gasteiger partial charge in [0, 0.05) is 33.1 Å². The molecule has 9 heteroatoms. The van der Waals surface area contributed by atoms with Crippen molar-refractivity contribution in [2.24, 2.45) is 7.05 Å². The highest BCUT2D eigenvalue weighted by Crippen LogP contribution is 2.32. The maximum atomic E-state index is 13.1. The number of aromatic nitrogens is 3. The molecule has 1 aromatic carbocycles. The van der Waals surface area contributed by atoms with Gasteiger partial charge in [-0.3, -0.25) is 9.36 Å². The van der Waals surface area contributed by atoms with E-state index in [1.54, 1.807) is 0 Å². The first-order valence-electron chi connectivity index (χ1n) is 7.37. The molecule has 0 spiro atoms. The molecule has 1 aliphatic rings.